The smallest absolute Gasteiger partial charge is 0.124 e. The topological polar surface area (TPSA) is 47.0 Å². The van der Waals surface area contributed by atoms with Crippen LogP contribution in [0, 0.1) is 0 Å². The summed E-state index contributed by atoms with van der Waals surface area (Å²) >= 11 is 1.41. The Labute approximate surface area is 111 Å². The van der Waals surface area contributed by atoms with E-state index in [2.05, 4.69) is 27.9 Å². The maximum absolute atomic E-state index is 5.69. The molecule has 1 N–H and O–H groups in total. The molecule has 0 saturated carbocycles. The highest BCUT2D eigenvalue weighted by atomic mass is 32.1. The van der Waals surface area contributed by atoms with Crippen molar-refractivity contribution in [2.24, 2.45) is 0 Å². The first-order valence-electron chi connectivity index (χ1n) is 6.09. The molecule has 2 rings (SSSR count). The molecule has 1 aromatic carbocycles. The Bertz CT molecular complexity index is 473. The van der Waals surface area contributed by atoms with Gasteiger partial charge in [0.15, 0.2) is 0 Å². The van der Waals surface area contributed by atoms with Crippen molar-refractivity contribution in [3.05, 3.63) is 40.9 Å². The summed E-state index contributed by atoms with van der Waals surface area (Å²) in [6.07, 6.45) is 1.81. The Morgan fingerprint density at radius 3 is 2.83 bits per heavy atom. The van der Waals surface area contributed by atoms with Crippen molar-refractivity contribution in [1.82, 2.24) is 14.9 Å². The number of rotatable bonds is 6. The van der Waals surface area contributed by atoms with Crippen LogP contribution in [0.4, 0.5) is 0 Å². The van der Waals surface area contributed by atoms with Crippen LogP contribution >= 0.6 is 11.5 Å². The predicted molar refractivity (Wildman–Crippen MR) is 73.0 cm³/mol. The molecule has 96 valence electrons. The highest BCUT2D eigenvalue weighted by Gasteiger charge is 2.19. The zero-order valence-corrected chi connectivity index (χ0v) is 11.4. The quantitative estimate of drug-likeness (QED) is 0.870. The van der Waals surface area contributed by atoms with Gasteiger partial charge in [-0.2, -0.15) is 0 Å². The molecule has 0 spiro atoms. The van der Waals surface area contributed by atoms with E-state index in [1.807, 2.05) is 25.1 Å². The largest absolute Gasteiger partial charge is 0.494 e. The standard InChI is InChI=1S/C13H17N3OS/c1-3-14-13(12-9-15-16-18-12)10-7-5-6-8-11(10)17-4-2/h5-9,13-14H,3-4H2,1-2H3. The average molecular weight is 263 g/mol. The van der Waals surface area contributed by atoms with Gasteiger partial charge in [-0.15, -0.1) is 5.10 Å². The number of hydrogen-bond donors (Lipinski definition) is 1. The first kappa shape index (κ1) is 13.0. The van der Waals surface area contributed by atoms with Gasteiger partial charge in [0, 0.05) is 5.56 Å². The van der Waals surface area contributed by atoms with Crippen LogP contribution in [0.3, 0.4) is 0 Å². The summed E-state index contributed by atoms with van der Waals surface area (Å²) in [5, 5.41) is 7.36. The lowest BCUT2D eigenvalue weighted by Gasteiger charge is -2.19. The van der Waals surface area contributed by atoms with Gasteiger partial charge >= 0.3 is 0 Å². The van der Waals surface area contributed by atoms with Crippen LogP contribution in [-0.4, -0.2) is 22.7 Å². The van der Waals surface area contributed by atoms with Crippen LogP contribution in [0.5, 0.6) is 5.75 Å². The van der Waals surface area contributed by atoms with E-state index in [-0.39, 0.29) is 6.04 Å². The van der Waals surface area contributed by atoms with Gasteiger partial charge in [0.05, 0.1) is 23.7 Å². The van der Waals surface area contributed by atoms with Crippen LogP contribution < -0.4 is 10.1 Å². The van der Waals surface area contributed by atoms with Gasteiger partial charge in [-0.3, -0.25) is 0 Å². The van der Waals surface area contributed by atoms with Crippen LogP contribution in [0.25, 0.3) is 0 Å². The molecule has 0 saturated heterocycles. The van der Waals surface area contributed by atoms with Gasteiger partial charge in [0.25, 0.3) is 0 Å². The third-order valence-corrected chi connectivity index (χ3v) is 3.33. The minimum atomic E-state index is 0.0951. The average Bonchev–Trinajstić information content (AvgIpc) is 2.91. The molecule has 0 bridgehead atoms. The van der Waals surface area contributed by atoms with Crippen molar-refractivity contribution < 1.29 is 4.74 Å². The second kappa shape index (κ2) is 6.47. The van der Waals surface area contributed by atoms with Crippen molar-refractivity contribution in [3.8, 4) is 5.75 Å². The van der Waals surface area contributed by atoms with Crippen molar-refractivity contribution in [1.29, 1.82) is 0 Å². The number of ether oxygens (including phenoxy) is 1. The summed E-state index contributed by atoms with van der Waals surface area (Å²) in [6, 6.07) is 8.19. The second-order valence-corrected chi connectivity index (χ2v) is 4.60. The molecule has 0 radical (unpaired) electrons. The lowest BCUT2D eigenvalue weighted by molar-refractivity contribution is 0.334. The van der Waals surface area contributed by atoms with Gasteiger partial charge in [-0.25, -0.2) is 0 Å². The molecular formula is C13H17N3OS. The summed E-state index contributed by atoms with van der Waals surface area (Å²) in [4.78, 5) is 1.10. The molecule has 0 aliphatic carbocycles. The zero-order chi connectivity index (χ0) is 12.8. The summed E-state index contributed by atoms with van der Waals surface area (Å²) in [6.45, 7) is 5.62. The Morgan fingerprint density at radius 2 is 2.17 bits per heavy atom. The summed E-state index contributed by atoms with van der Waals surface area (Å²) in [5.74, 6) is 0.916. The van der Waals surface area contributed by atoms with E-state index in [4.69, 9.17) is 4.74 Å². The molecule has 0 amide bonds. The summed E-state index contributed by atoms with van der Waals surface area (Å²) in [5.41, 5.74) is 1.13. The maximum Gasteiger partial charge on any atom is 0.124 e. The van der Waals surface area contributed by atoms with Gasteiger partial charge in [0.2, 0.25) is 0 Å². The molecule has 1 atom stereocenters. The molecule has 2 aromatic rings. The van der Waals surface area contributed by atoms with Crippen LogP contribution in [0.2, 0.25) is 0 Å². The van der Waals surface area contributed by atoms with Gasteiger partial charge in [-0.1, -0.05) is 29.6 Å². The number of para-hydroxylation sites is 1. The lowest BCUT2D eigenvalue weighted by Crippen LogP contribution is -2.21. The van der Waals surface area contributed by atoms with Gasteiger partial charge in [-0.05, 0) is 31.1 Å². The van der Waals surface area contributed by atoms with Crippen LogP contribution in [0.15, 0.2) is 30.5 Å². The molecule has 5 heteroatoms. The molecule has 1 heterocycles. The molecule has 0 fully saturated rings. The molecule has 18 heavy (non-hydrogen) atoms. The van der Waals surface area contributed by atoms with Crippen LogP contribution in [-0.2, 0) is 0 Å². The Hall–Kier alpha value is -1.46. The first-order chi connectivity index (χ1) is 8.86. The van der Waals surface area contributed by atoms with Crippen molar-refractivity contribution in [2.45, 2.75) is 19.9 Å². The number of nitrogens with zero attached hydrogens (tertiary/aromatic N) is 2. The van der Waals surface area contributed by atoms with Crippen molar-refractivity contribution in [3.63, 3.8) is 0 Å². The predicted octanol–water partition coefficient (Wildman–Crippen LogP) is 2.64. The SMILES string of the molecule is CCNC(c1cnns1)c1ccccc1OCC. The highest BCUT2D eigenvalue weighted by Crippen LogP contribution is 2.31. The fraction of sp³-hybridized carbons (Fsp3) is 0.385. The van der Waals surface area contributed by atoms with Gasteiger partial charge in [0.1, 0.15) is 5.75 Å². The lowest BCUT2D eigenvalue weighted by atomic mass is 10.0. The number of hydrogen-bond acceptors (Lipinski definition) is 5. The Morgan fingerprint density at radius 1 is 1.33 bits per heavy atom. The number of aromatic nitrogens is 2. The molecule has 0 aliphatic heterocycles. The number of nitrogens with one attached hydrogen (secondary N) is 1. The third-order valence-electron chi connectivity index (χ3n) is 2.60. The first-order valence-corrected chi connectivity index (χ1v) is 6.86. The molecule has 1 unspecified atom stereocenters. The minimum Gasteiger partial charge on any atom is -0.494 e. The van der Waals surface area contributed by atoms with E-state index in [0.29, 0.717) is 6.61 Å². The van der Waals surface area contributed by atoms with Crippen molar-refractivity contribution in [2.75, 3.05) is 13.2 Å². The van der Waals surface area contributed by atoms with Gasteiger partial charge < -0.3 is 10.1 Å². The number of benzene rings is 1. The fourth-order valence-corrected chi connectivity index (χ4v) is 2.47. The molecule has 4 nitrogen and oxygen atoms in total. The highest BCUT2D eigenvalue weighted by molar-refractivity contribution is 7.05. The normalized spacial score (nSPS) is 12.3. The van der Waals surface area contributed by atoms with Crippen LogP contribution in [0.1, 0.15) is 30.3 Å². The van der Waals surface area contributed by atoms with E-state index in [0.717, 1.165) is 22.7 Å². The molecule has 1 aromatic heterocycles. The molecular weight excluding hydrogens is 246 g/mol. The Kier molecular flexibility index (Phi) is 4.66. The van der Waals surface area contributed by atoms with E-state index in [9.17, 15) is 0 Å². The van der Waals surface area contributed by atoms with E-state index in [1.165, 1.54) is 11.5 Å². The summed E-state index contributed by atoms with van der Waals surface area (Å²) in [7, 11) is 0. The monoisotopic (exact) mass is 263 g/mol. The molecule has 0 aliphatic rings. The Balaban J connectivity index is 2.36. The third kappa shape index (κ3) is 2.86. The summed E-state index contributed by atoms with van der Waals surface area (Å²) < 4.78 is 9.62. The second-order valence-electron chi connectivity index (χ2n) is 3.78. The van der Waals surface area contributed by atoms with Crippen molar-refractivity contribution >= 4 is 11.5 Å². The minimum absolute atomic E-state index is 0.0951. The zero-order valence-electron chi connectivity index (χ0n) is 10.6. The van der Waals surface area contributed by atoms with E-state index in [1.54, 1.807) is 6.20 Å². The fourth-order valence-electron chi connectivity index (χ4n) is 1.88. The van der Waals surface area contributed by atoms with E-state index < -0.39 is 0 Å². The maximum atomic E-state index is 5.69. The van der Waals surface area contributed by atoms with E-state index >= 15 is 0 Å².